The summed E-state index contributed by atoms with van der Waals surface area (Å²) in [5.41, 5.74) is 1.55. The average molecular weight is 275 g/mol. The van der Waals surface area contributed by atoms with E-state index in [0.29, 0.717) is 18.1 Å². The summed E-state index contributed by atoms with van der Waals surface area (Å²) in [4.78, 5) is 14.8. The Hall–Kier alpha value is -2.44. The molecule has 0 unspecified atom stereocenters. The average Bonchev–Trinajstić information content (AvgIpc) is 2.75. The first-order valence-corrected chi connectivity index (χ1v) is 6.34. The van der Waals surface area contributed by atoms with Crippen molar-refractivity contribution < 1.29 is 4.92 Å². The second-order valence-corrected chi connectivity index (χ2v) is 4.83. The Morgan fingerprint density at radius 1 is 1.40 bits per heavy atom. The van der Waals surface area contributed by atoms with E-state index in [9.17, 15) is 10.1 Å². The number of nitrogens with zero attached hydrogens (tertiary/aromatic N) is 4. The molecule has 0 bridgehead atoms. The highest BCUT2D eigenvalue weighted by Gasteiger charge is 2.28. The second-order valence-electron chi connectivity index (χ2n) is 4.83. The molecule has 7 nitrogen and oxygen atoms in total. The van der Waals surface area contributed by atoms with Crippen LogP contribution in [0.2, 0.25) is 0 Å². The van der Waals surface area contributed by atoms with Crippen molar-refractivity contribution in [2.75, 3.05) is 5.32 Å². The Balaban J connectivity index is 2.29. The minimum absolute atomic E-state index is 0.00178. The highest BCUT2D eigenvalue weighted by atomic mass is 16.6. The summed E-state index contributed by atoms with van der Waals surface area (Å²) in [5, 5.41) is 18.6. The molecule has 2 heterocycles. The molecule has 0 aliphatic carbocycles. The van der Waals surface area contributed by atoms with Crippen molar-refractivity contribution in [1.29, 1.82) is 0 Å². The Labute approximate surface area is 116 Å². The molecule has 2 aromatic heterocycles. The number of hydrogen-bond donors (Lipinski definition) is 1. The van der Waals surface area contributed by atoms with Crippen LogP contribution in [0.25, 0.3) is 0 Å². The molecule has 0 saturated heterocycles. The molecule has 0 radical (unpaired) electrons. The summed E-state index contributed by atoms with van der Waals surface area (Å²) in [5.74, 6) is 0.425. The number of aryl methyl sites for hydroxylation is 1. The van der Waals surface area contributed by atoms with Crippen LogP contribution in [0.15, 0.2) is 24.5 Å². The van der Waals surface area contributed by atoms with Gasteiger partial charge < -0.3 is 5.32 Å². The van der Waals surface area contributed by atoms with Gasteiger partial charge in [-0.05, 0) is 17.7 Å². The van der Waals surface area contributed by atoms with E-state index in [1.54, 1.807) is 19.4 Å². The fourth-order valence-corrected chi connectivity index (χ4v) is 1.99. The first-order chi connectivity index (χ1) is 9.50. The van der Waals surface area contributed by atoms with Crippen LogP contribution >= 0.6 is 0 Å². The Kier molecular flexibility index (Phi) is 3.97. The molecule has 0 saturated carbocycles. The van der Waals surface area contributed by atoms with Gasteiger partial charge in [0.2, 0.25) is 5.82 Å². The summed E-state index contributed by atoms with van der Waals surface area (Å²) in [6, 6.07) is 3.72. The second kappa shape index (κ2) is 5.68. The zero-order valence-electron chi connectivity index (χ0n) is 11.7. The van der Waals surface area contributed by atoms with Crippen LogP contribution in [0.3, 0.4) is 0 Å². The molecule has 0 spiro atoms. The van der Waals surface area contributed by atoms with E-state index in [1.165, 1.54) is 4.68 Å². The third-order valence-electron chi connectivity index (χ3n) is 2.99. The maximum atomic E-state index is 11.3. The summed E-state index contributed by atoms with van der Waals surface area (Å²) in [7, 11) is 1.70. The van der Waals surface area contributed by atoms with Crippen LogP contribution in [-0.4, -0.2) is 19.7 Å². The number of nitrogens with one attached hydrogen (secondary N) is 1. The Morgan fingerprint density at radius 3 is 2.60 bits per heavy atom. The van der Waals surface area contributed by atoms with E-state index in [2.05, 4.69) is 15.4 Å². The van der Waals surface area contributed by atoms with Gasteiger partial charge in [-0.3, -0.25) is 15.1 Å². The monoisotopic (exact) mass is 275 g/mol. The van der Waals surface area contributed by atoms with Crippen molar-refractivity contribution in [1.82, 2.24) is 14.8 Å². The largest absolute Gasteiger partial charge is 0.360 e. The first-order valence-electron chi connectivity index (χ1n) is 6.34. The van der Waals surface area contributed by atoms with E-state index in [1.807, 2.05) is 26.0 Å². The van der Waals surface area contributed by atoms with Gasteiger partial charge >= 0.3 is 5.69 Å². The van der Waals surface area contributed by atoms with Gasteiger partial charge in [0.15, 0.2) is 0 Å². The van der Waals surface area contributed by atoms with Crippen LogP contribution in [0.1, 0.15) is 31.0 Å². The van der Waals surface area contributed by atoms with Crippen molar-refractivity contribution in [3.63, 3.8) is 0 Å². The third kappa shape index (κ3) is 2.76. The van der Waals surface area contributed by atoms with Crippen LogP contribution < -0.4 is 5.32 Å². The lowest BCUT2D eigenvalue weighted by molar-refractivity contribution is -0.384. The van der Waals surface area contributed by atoms with Crippen LogP contribution in [0.4, 0.5) is 11.5 Å². The van der Waals surface area contributed by atoms with E-state index in [-0.39, 0.29) is 16.5 Å². The van der Waals surface area contributed by atoms with Gasteiger partial charge in [-0.15, -0.1) is 0 Å². The fraction of sp³-hybridized carbons (Fsp3) is 0.385. The number of anilines is 1. The highest BCUT2D eigenvalue weighted by Crippen LogP contribution is 2.32. The van der Waals surface area contributed by atoms with Crippen molar-refractivity contribution in [3.8, 4) is 0 Å². The van der Waals surface area contributed by atoms with Gasteiger partial charge in [0.25, 0.3) is 0 Å². The number of hydrogen-bond acceptors (Lipinski definition) is 5. The lowest BCUT2D eigenvalue weighted by atomic mass is 10.1. The molecule has 2 rings (SSSR count). The molecule has 0 atom stereocenters. The number of pyridine rings is 1. The summed E-state index contributed by atoms with van der Waals surface area (Å²) in [6.07, 6.45) is 3.38. The van der Waals surface area contributed by atoms with E-state index in [4.69, 9.17) is 0 Å². The minimum atomic E-state index is -0.378. The summed E-state index contributed by atoms with van der Waals surface area (Å²) >= 11 is 0. The van der Waals surface area contributed by atoms with Crippen LogP contribution in [0, 0.1) is 10.1 Å². The zero-order valence-corrected chi connectivity index (χ0v) is 11.7. The molecular formula is C13H17N5O2. The zero-order chi connectivity index (χ0) is 14.7. The van der Waals surface area contributed by atoms with Gasteiger partial charge in [-0.1, -0.05) is 13.8 Å². The molecule has 0 fully saturated rings. The van der Waals surface area contributed by atoms with Crippen LogP contribution in [-0.2, 0) is 13.6 Å². The number of rotatable bonds is 5. The molecule has 7 heteroatoms. The van der Waals surface area contributed by atoms with Crippen LogP contribution in [0.5, 0.6) is 0 Å². The molecule has 106 valence electrons. The van der Waals surface area contributed by atoms with Gasteiger partial charge in [-0.2, -0.15) is 5.10 Å². The maximum absolute atomic E-state index is 11.3. The Bertz CT molecular complexity index is 607. The number of nitro groups is 1. The van der Waals surface area contributed by atoms with E-state index >= 15 is 0 Å². The topological polar surface area (TPSA) is 85.9 Å². The van der Waals surface area contributed by atoms with Crippen molar-refractivity contribution >= 4 is 11.5 Å². The third-order valence-corrected chi connectivity index (χ3v) is 2.99. The molecule has 0 aromatic carbocycles. The van der Waals surface area contributed by atoms with Crippen molar-refractivity contribution in [3.05, 3.63) is 45.9 Å². The SMILES string of the molecule is CC(C)c1nn(C)c(NCc2ccncc2)c1[N+](=O)[O-]. The van der Waals surface area contributed by atoms with E-state index < -0.39 is 0 Å². The lowest BCUT2D eigenvalue weighted by Crippen LogP contribution is -2.06. The minimum Gasteiger partial charge on any atom is -0.360 e. The molecule has 1 N–H and O–H groups in total. The van der Waals surface area contributed by atoms with Gasteiger partial charge in [0, 0.05) is 31.9 Å². The van der Waals surface area contributed by atoms with Gasteiger partial charge in [0.1, 0.15) is 5.69 Å². The lowest BCUT2D eigenvalue weighted by Gasteiger charge is -2.06. The Morgan fingerprint density at radius 2 is 2.05 bits per heavy atom. The molecule has 0 amide bonds. The van der Waals surface area contributed by atoms with E-state index in [0.717, 1.165) is 5.56 Å². The van der Waals surface area contributed by atoms with Crippen molar-refractivity contribution in [2.45, 2.75) is 26.3 Å². The smallest absolute Gasteiger partial charge is 0.334 e. The molecule has 20 heavy (non-hydrogen) atoms. The molecule has 0 aliphatic rings. The first kappa shape index (κ1) is 14.0. The van der Waals surface area contributed by atoms with Crippen molar-refractivity contribution in [2.24, 2.45) is 7.05 Å². The predicted octanol–water partition coefficient (Wildman–Crippen LogP) is 2.46. The summed E-state index contributed by atoms with van der Waals surface area (Å²) < 4.78 is 1.52. The fourth-order valence-electron chi connectivity index (χ4n) is 1.99. The quantitative estimate of drug-likeness (QED) is 0.669. The van der Waals surface area contributed by atoms with Gasteiger partial charge in [-0.25, -0.2) is 4.68 Å². The maximum Gasteiger partial charge on any atom is 0.334 e. The normalized spacial score (nSPS) is 10.8. The summed E-state index contributed by atoms with van der Waals surface area (Å²) in [6.45, 7) is 4.27. The molecular weight excluding hydrogens is 258 g/mol. The van der Waals surface area contributed by atoms with Gasteiger partial charge in [0.05, 0.1) is 4.92 Å². The number of aromatic nitrogens is 3. The predicted molar refractivity (Wildman–Crippen MR) is 75.5 cm³/mol. The highest BCUT2D eigenvalue weighted by molar-refractivity contribution is 5.60. The standard InChI is InChI=1S/C13H17N5O2/c1-9(2)11-12(18(19)20)13(17(3)16-11)15-8-10-4-6-14-7-5-10/h4-7,9,15H,8H2,1-3H3. The molecule has 0 aliphatic heterocycles. The molecule has 2 aromatic rings.